The highest BCUT2D eigenvalue weighted by molar-refractivity contribution is 5.74. The number of rotatable bonds is 5. The lowest BCUT2D eigenvalue weighted by molar-refractivity contribution is 0.142. The van der Waals surface area contributed by atoms with Crippen LogP contribution >= 0.6 is 0 Å². The van der Waals surface area contributed by atoms with E-state index in [1.54, 1.807) is 6.92 Å². The lowest BCUT2D eigenvalue weighted by Crippen LogP contribution is -2.48. The molecule has 1 aromatic rings. The summed E-state index contributed by atoms with van der Waals surface area (Å²) in [7, 11) is 0. The molecule has 1 aromatic heterocycles. The molecule has 2 heterocycles. The Morgan fingerprint density at radius 2 is 2.29 bits per heavy atom. The Hall–Kier alpha value is -1.59. The largest absolute Gasteiger partial charge is 0.340 e. The fourth-order valence-corrected chi connectivity index (χ4v) is 2.76. The summed E-state index contributed by atoms with van der Waals surface area (Å²) in [4.78, 5) is 18.4. The average Bonchev–Trinajstić information content (AvgIpc) is 2.88. The lowest BCUT2D eigenvalue weighted by atomic mass is 9.95. The van der Waals surface area contributed by atoms with Crippen LogP contribution in [0.25, 0.3) is 0 Å². The Morgan fingerprint density at radius 3 is 2.95 bits per heavy atom. The fraction of sp³-hybridized carbons (Fsp3) is 0.800. The zero-order chi connectivity index (χ0) is 15.2. The zero-order valence-electron chi connectivity index (χ0n) is 13.3. The maximum atomic E-state index is 12.4. The van der Waals surface area contributed by atoms with Crippen LogP contribution in [0.2, 0.25) is 0 Å². The summed E-state index contributed by atoms with van der Waals surface area (Å²) in [5.74, 6) is 1.72. The minimum absolute atomic E-state index is 0.00842. The Bertz CT molecular complexity index is 458. The second kappa shape index (κ2) is 7.43. The summed E-state index contributed by atoms with van der Waals surface area (Å²) in [6, 6.07) is 0.360. The van der Waals surface area contributed by atoms with Gasteiger partial charge in [-0.25, -0.2) is 4.79 Å². The van der Waals surface area contributed by atoms with Crippen molar-refractivity contribution in [3.05, 3.63) is 11.7 Å². The van der Waals surface area contributed by atoms with Crippen molar-refractivity contribution in [3.8, 4) is 0 Å². The van der Waals surface area contributed by atoms with Gasteiger partial charge in [-0.15, -0.1) is 0 Å². The van der Waals surface area contributed by atoms with Gasteiger partial charge in [-0.2, -0.15) is 4.98 Å². The highest BCUT2D eigenvalue weighted by atomic mass is 16.5. The summed E-state index contributed by atoms with van der Waals surface area (Å²) < 4.78 is 4.90. The molecule has 6 heteroatoms. The smallest absolute Gasteiger partial charge is 0.318 e. The number of aryl methyl sites for hydroxylation is 1. The van der Waals surface area contributed by atoms with Crippen LogP contribution in [0.4, 0.5) is 4.79 Å². The summed E-state index contributed by atoms with van der Waals surface area (Å²) in [5.41, 5.74) is 0. The number of urea groups is 1. The van der Waals surface area contributed by atoms with E-state index in [4.69, 9.17) is 4.52 Å². The van der Waals surface area contributed by atoms with Crippen LogP contribution < -0.4 is 5.32 Å². The molecule has 2 amide bonds. The van der Waals surface area contributed by atoms with E-state index < -0.39 is 0 Å². The standard InChI is InChI=1S/C15H26N4O2/c1-11(2)7-8-13-6-4-5-9-19(13)15(20)16-10-14-17-12(3)21-18-14/h11,13H,4-10H2,1-3H3,(H,16,20). The number of hydrogen-bond donors (Lipinski definition) is 1. The number of likely N-dealkylation sites (tertiary alicyclic amines) is 1. The summed E-state index contributed by atoms with van der Waals surface area (Å²) in [5, 5.41) is 6.69. The molecule has 1 saturated heterocycles. The minimum Gasteiger partial charge on any atom is -0.340 e. The van der Waals surface area contributed by atoms with E-state index in [9.17, 15) is 4.79 Å². The third-order valence-corrected chi connectivity index (χ3v) is 3.93. The van der Waals surface area contributed by atoms with E-state index in [2.05, 4.69) is 29.3 Å². The van der Waals surface area contributed by atoms with Gasteiger partial charge in [0, 0.05) is 19.5 Å². The lowest BCUT2D eigenvalue weighted by Gasteiger charge is -2.36. The molecular formula is C15H26N4O2. The normalized spacial score (nSPS) is 19.0. The summed E-state index contributed by atoms with van der Waals surface area (Å²) in [6.45, 7) is 7.37. The van der Waals surface area contributed by atoms with E-state index in [0.29, 0.717) is 30.2 Å². The van der Waals surface area contributed by atoms with Crippen molar-refractivity contribution in [3.63, 3.8) is 0 Å². The van der Waals surface area contributed by atoms with Crippen LogP contribution in [0.5, 0.6) is 0 Å². The van der Waals surface area contributed by atoms with Gasteiger partial charge in [0.2, 0.25) is 5.89 Å². The predicted octanol–water partition coefficient (Wildman–Crippen LogP) is 2.88. The van der Waals surface area contributed by atoms with E-state index in [1.165, 1.54) is 12.8 Å². The zero-order valence-corrected chi connectivity index (χ0v) is 13.3. The second-order valence-corrected chi connectivity index (χ2v) is 6.20. The molecule has 1 N–H and O–H groups in total. The first-order valence-electron chi connectivity index (χ1n) is 7.90. The molecule has 1 unspecified atom stereocenters. The van der Waals surface area contributed by atoms with Gasteiger partial charge < -0.3 is 14.7 Å². The fourth-order valence-electron chi connectivity index (χ4n) is 2.76. The van der Waals surface area contributed by atoms with Gasteiger partial charge in [0.25, 0.3) is 0 Å². The Balaban J connectivity index is 1.85. The van der Waals surface area contributed by atoms with Crippen molar-refractivity contribution >= 4 is 6.03 Å². The highest BCUT2D eigenvalue weighted by Crippen LogP contribution is 2.22. The first-order chi connectivity index (χ1) is 10.1. The van der Waals surface area contributed by atoms with Crippen LogP contribution in [-0.2, 0) is 6.54 Å². The molecule has 0 aromatic carbocycles. The minimum atomic E-state index is -0.00842. The molecule has 1 atom stereocenters. The molecule has 0 radical (unpaired) electrons. The number of carbonyl (C=O) groups excluding carboxylic acids is 1. The van der Waals surface area contributed by atoms with Crippen molar-refractivity contribution < 1.29 is 9.32 Å². The SMILES string of the molecule is Cc1nc(CNC(=O)N2CCCCC2CCC(C)C)no1. The first-order valence-corrected chi connectivity index (χ1v) is 7.90. The molecule has 0 aliphatic carbocycles. The Morgan fingerprint density at radius 1 is 1.48 bits per heavy atom. The molecule has 0 spiro atoms. The van der Waals surface area contributed by atoms with Crippen molar-refractivity contribution in [2.75, 3.05) is 6.54 Å². The van der Waals surface area contributed by atoms with Crippen LogP contribution in [0.15, 0.2) is 4.52 Å². The molecule has 21 heavy (non-hydrogen) atoms. The van der Waals surface area contributed by atoms with Crippen molar-refractivity contribution in [2.24, 2.45) is 5.92 Å². The molecule has 118 valence electrons. The van der Waals surface area contributed by atoms with Gasteiger partial charge in [0.1, 0.15) is 0 Å². The first kappa shape index (κ1) is 15.8. The van der Waals surface area contributed by atoms with Gasteiger partial charge in [-0.1, -0.05) is 19.0 Å². The number of amides is 2. The molecular weight excluding hydrogens is 268 g/mol. The van der Waals surface area contributed by atoms with Gasteiger partial charge in [0.15, 0.2) is 5.82 Å². The van der Waals surface area contributed by atoms with Crippen molar-refractivity contribution in [2.45, 2.75) is 65.5 Å². The molecule has 1 aliphatic heterocycles. The van der Waals surface area contributed by atoms with Crippen LogP contribution in [0, 0.1) is 12.8 Å². The monoisotopic (exact) mass is 294 g/mol. The summed E-state index contributed by atoms with van der Waals surface area (Å²) >= 11 is 0. The Labute approximate surface area is 126 Å². The maximum Gasteiger partial charge on any atom is 0.318 e. The number of piperidine rings is 1. The van der Waals surface area contributed by atoms with Crippen molar-refractivity contribution in [1.29, 1.82) is 0 Å². The Kier molecular flexibility index (Phi) is 5.59. The number of hydrogen-bond acceptors (Lipinski definition) is 4. The van der Waals surface area contributed by atoms with Crippen molar-refractivity contribution in [1.82, 2.24) is 20.4 Å². The van der Waals surface area contributed by atoms with Crippen LogP contribution in [0.3, 0.4) is 0 Å². The predicted molar refractivity (Wildman–Crippen MR) is 79.7 cm³/mol. The third-order valence-electron chi connectivity index (χ3n) is 3.93. The molecule has 1 aliphatic rings. The van der Waals surface area contributed by atoms with Gasteiger partial charge in [0.05, 0.1) is 6.54 Å². The van der Waals surface area contributed by atoms with Gasteiger partial charge in [-0.05, 0) is 38.0 Å². The number of nitrogens with zero attached hydrogens (tertiary/aromatic N) is 3. The topological polar surface area (TPSA) is 71.3 Å². The number of carbonyl (C=O) groups is 1. The van der Waals surface area contributed by atoms with E-state index in [0.717, 1.165) is 25.8 Å². The van der Waals surface area contributed by atoms with Crippen LogP contribution in [-0.4, -0.2) is 33.7 Å². The molecule has 0 saturated carbocycles. The molecule has 6 nitrogen and oxygen atoms in total. The number of nitrogens with one attached hydrogen (secondary N) is 1. The van der Waals surface area contributed by atoms with E-state index in [1.807, 2.05) is 4.90 Å². The van der Waals surface area contributed by atoms with E-state index >= 15 is 0 Å². The summed E-state index contributed by atoms with van der Waals surface area (Å²) in [6.07, 6.45) is 5.68. The van der Waals surface area contributed by atoms with Crippen LogP contribution in [0.1, 0.15) is 57.7 Å². The van der Waals surface area contributed by atoms with Gasteiger partial charge >= 0.3 is 6.03 Å². The maximum absolute atomic E-state index is 12.4. The second-order valence-electron chi connectivity index (χ2n) is 6.20. The third kappa shape index (κ3) is 4.72. The highest BCUT2D eigenvalue weighted by Gasteiger charge is 2.26. The quantitative estimate of drug-likeness (QED) is 0.906. The molecule has 2 rings (SSSR count). The number of aromatic nitrogens is 2. The molecule has 1 fully saturated rings. The van der Waals surface area contributed by atoms with Gasteiger partial charge in [-0.3, -0.25) is 0 Å². The molecule has 0 bridgehead atoms. The van der Waals surface area contributed by atoms with E-state index in [-0.39, 0.29) is 6.03 Å². The average molecular weight is 294 g/mol.